The Labute approximate surface area is 154 Å². The van der Waals surface area contributed by atoms with Gasteiger partial charge in [-0.25, -0.2) is 8.42 Å². The van der Waals surface area contributed by atoms with Gasteiger partial charge < -0.3 is 9.47 Å². The summed E-state index contributed by atoms with van der Waals surface area (Å²) < 4.78 is 38.9. The molecular weight excluding hydrogens is 350 g/mol. The van der Waals surface area contributed by atoms with Crippen molar-refractivity contribution in [2.45, 2.75) is 37.6 Å². The fraction of sp³-hybridized carbons (Fsp3) is 0.400. The quantitative estimate of drug-likeness (QED) is 0.809. The zero-order valence-corrected chi connectivity index (χ0v) is 15.9. The van der Waals surface area contributed by atoms with Gasteiger partial charge in [-0.2, -0.15) is 4.31 Å². The molecule has 0 aliphatic carbocycles. The fourth-order valence-corrected chi connectivity index (χ4v) is 4.78. The molecule has 0 amide bonds. The van der Waals surface area contributed by atoms with Crippen LogP contribution in [0.3, 0.4) is 0 Å². The minimum absolute atomic E-state index is 0.284. The lowest BCUT2D eigenvalue weighted by Gasteiger charge is -2.20. The predicted molar refractivity (Wildman–Crippen MR) is 99.3 cm³/mol. The highest BCUT2D eigenvalue weighted by molar-refractivity contribution is 7.89. The average molecular weight is 373 g/mol. The highest BCUT2D eigenvalue weighted by atomic mass is 32.2. The highest BCUT2D eigenvalue weighted by Crippen LogP contribution is 2.41. The molecule has 4 rings (SSSR count). The molecule has 2 aliphatic heterocycles. The molecule has 0 spiro atoms. The van der Waals surface area contributed by atoms with Crippen molar-refractivity contribution in [3.05, 3.63) is 52.6 Å². The van der Waals surface area contributed by atoms with Crippen LogP contribution >= 0.6 is 0 Å². The minimum atomic E-state index is -3.56. The molecule has 0 saturated carbocycles. The van der Waals surface area contributed by atoms with Crippen LogP contribution < -0.4 is 9.47 Å². The monoisotopic (exact) mass is 373 g/mol. The lowest BCUT2D eigenvalue weighted by Crippen LogP contribution is -2.27. The summed E-state index contributed by atoms with van der Waals surface area (Å²) in [6.07, 6.45) is 2.52. The number of sulfonamides is 1. The van der Waals surface area contributed by atoms with Gasteiger partial charge in [-0.3, -0.25) is 0 Å². The topological polar surface area (TPSA) is 55.8 Å². The van der Waals surface area contributed by atoms with Crippen LogP contribution in [0, 0.1) is 0 Å². The molecule has 2 aromatic rings. The van der Waals surface area contributed by atoms with E-state index >= 15 is 0 Å². The zero-order chi connectivity index (χ0) is 18.3. The summed E-state index contributed by atoms with van der Waals surface area (Å²) in [5.41, 5.74) is 4.26. The van der Waals surface area contributed by atoms with Gasteiger partial charge in [0.2, 0.25) is 10.0 Å². The molecule has 0 saturated heterocycles. The number of benzene rings is 2. The molecule has 0 aromatic heterocycles. The maximum Gasteiger partial charge on any atom is 0.243 e. The number of ether oxygens (including phenoxy) is 2. The van der Waals surface area contributed by atoms with Gasteiger partial charge in [-0.1, -0.05) is 19.1 Å². The van der Waals surface area contributed by atoms with E-state index in [0.29, 0.717) is 18.1 Å². The molecule has 6 heteroatoms. The van der Waals surface area contributed by atoms with E-state index in [9.17, 15) is 8.42 Å². The Morgan fingerprint density at radius 1 is 1.08 bits per heavy atom. The molecule has 0 radical (unpaired) electrons. The van der Waals surface area contributed by atoms with E-state index in [1.165, 1.54) is 4.31 Å². The van der Waals surface area contributed by atoms with E-state index in [2.05, 4.69) is 0 Å². The van der Waals surface area contributed by atoms with Crippen LogP contribution in [-0.4, -0.2) is 33.0 Å². The Kier molecular flexibility index (Phi) is 4.40. The van der Waals surface area contributed by atoms with Crippen LogP contribution in [-0.2, 0) is 35.8 Å². The van der Waals surface area contributed by atoms with Crippen molar-refractivity contribution < 1.29 is 17.9 Å². The van der Waals surface area contributed by atoms with Gasteiger partial charge in [0.15, 0.2) is 0 Å². The first kappa shape index (κ1) is 17.4. The first-order valence-corrected chi connectivity index (χ1v) is 10.4. The van der Waals surface area contributed by atoms with Crippen LogP contribution in [0.1, 0.15) is 29.2 Å². The summed E-state index contributed by atoms with van der Waals surface area (Å²) in [4.78, 5) is 0.318. The zero-order valence-electron chi connectivity index (χ0n) is 15.1. The summed E-state index contributed by atoms with van der Waals surface area (Å²) in [6, 6.07) is 9.16. The summed E-state index contributed by atoms with van der Waals surface area (Å²) in [6.45, 7) is 3.61. The Balaban J connectivity index is 1.67. The lowest BCUT2D eigenvalue weighted by atomic mass is 9.99. The molecule has 138 valence electrons. The molecule has 2 aromatic carbocycles. The van der Waals surface area contributed by atoms with Crippen LogP contribution in [0.2, 0.25) is 0 Å². The fourth-order valence-electron chi connectivity index (χ4n) is 3.64. The number of hydrogen-bond acceptors (Lipinski definition) is 4. The number of rotatable bonds is 5. The van der Waals surface area contributed by atoms with Crippen molar-refractivity contribution in [2.24, 2.45) is 0 Å². The van der Waals surface area contributed by atoms with E-state index in [1.807, 2.05) is 25.1 Å². The summed E-state index contributed by atoms with van der Waals surface area (Å²) in [5.74, 6) is 1.72. The van der Waals surface area contributed by atoms with Gasteiger partial charge in [-0.05, 0) is 30.2 Å². The van der Waals surface area contributed by atoms with Gasteiger partial charge in [0.25, 0.3) is 0 Å². The predicted octanol–water partition coefficient (Wildman–Crippen LogP) is 2.94. The standard InChI is InChI=1S/C20H23NO4S/c1-3-14-4-6-16(7-5-14)26(22,23)21(2)13-18-17-9-11-24-19(17)12-15-8-10-25-20(15)18/h4-7,12H,3,8-11,13H2,1-2H3. The molecule has 2 heterocycles. The van der Waals surface area contributed by atoms with Crippen molar-refractivity contribution in [3.63, 3.8) is 0 Å². The van der Waals surface area contributed by atoms with Crippen LogP contribution in [0.25, 0.3) is 0 Å². The van der Waals surface area contributed by atoms with E-state index in [1.54, 1.807) is 19.2 Å². The van der Waals surface area contributed by atoms with Crippen LogP contribution in [0.5, 0.6) is 11.5 Å². The van der Waals surface area contributed by atoms with Crippen molar-refractivity contribution in [3.8, 4) is 11.5 Å². The Morgan fingerprint density at radius 2 is 1.81 bits per heavy atom. The molecular formula is C20H23NO4S. The van der Waals surface area contributed by atoms with Crippen molar-refractivity contribution in [1.29, 1.82) is 0 Å². The van der Waals surface area contributed by atoms with Crippen molar-refractivity contribution in [2.75, 3.05) is 20.3 Å². The smallest absolute Gasteiger partial charge is 0.243 e. The van der Waals surface area contributed by atoms with Crippen LogP contribution in [0.15, 0.2) is 35.2 Å². The Morgan fingerprint density at radius 3 is 2.54 bits per heavy atom. The molecule has 0 atom stereocenters. The van der Waals surface area contributed by atoms with E-state index < -0.39 is 10.0 Å². The Bertz CT molecular complexity index is 903. The minimum Gasteiger partial charge on any atom is -0.493 e. The lowest BCUT2D eigenvalue weighted by molar-refractivity contribution is 0.348. The van der Waals surface area contributed by atoms with Gasteiger partial charge in [0.1, 0.15) is 11.5 Å². The number of nitrogens with zero attached hydrogens (tertiary/aromatic N) is 1. The largest absolute Gasteiger partial charge is 0.493 e. The molecule has 5 nitrogen and oxygen atoms in total. The van der Waals surface area contributed by atoms with Crippen LogP contribution in [0.4, 0.5) is 0 Å². The number of aryl methyl sites for hydroxylation is 1. The SMILES string of the molecule is CCc1ccc(S(=O)(=O)N(C)Cc2c3c(cc4c2OCC4)OCC3)cc1. The normalized spacial score (nSPS) is 15.5. The van der Waals surface area contributed by atoms with Gasteiger partial charge >= 0.3 is 0 Å². The van der Waals surface area contributed by atoms with Gasteiger partial charge in [0, 0.05) is 43.1 Å². The third-order valence-corrected chi connectivity index (χ3v) is 7.00. The maximum atomic E-state index is 13.0. The molecule has 26 heavy (non-hydrogen) atoms. The van der Waals surface area contributed by atoms with Crippen molar-refractivity contribution >= 4 is 10.0 Å². The van der Waals surface area contributed by atoms with E-state index in [0.717, 1.165) is 53.0 Å². The molecule has 2 aliphatic rings. The second-order valence-corrected chi connectivity index (χ2v) is 8.82. The van der Waals surface area contributed by atoms with E-state index in [4.69, 9.17) is 9.47 Å². The second kappa shape index (κ2) is 6.59. The number of fused-ring (bicyclic) bond motifs is 2. The van der Waals surface area contributed by atoms with Crippen molar-refractivity contribution in [1.82, 2.24) is 4.31 Å². The second-order valence-electron chi connectivity index (χ2n) is 6.78. The maximum absolute atomic E-state index is 13.0. The third kappa shape index (κ3) is 2.87. The first-order chi connectivity index (χ1) is 12.5. The van der Waals surface area contributed by atoms with Gasteiger partial charge in [-0.15, -0.1) is 0 Å². The Hall–Kier alpha value is -2.05. The summed E-state index contributed by atoms with van der Waals surface area (Å²) >= 11 is 0. The molecule has 0 bridgehead atoms. The third-order valence-electron chi connectivity index (χ3n) is 5.18. The highest BCUT2D eigenvalue weighted by Gasteiger charge is 2.29. The summed E-state index contributed by atoms with van der Waals surface area (Å²) in [7, 11) is -1.94. The molecule has 0 fully saturated rings. The first-order valence-electron chi connectivity index (χ1n) is 8.99. The number of hydrogen-bond donors (Lipinski definition) is 0. The molecule has 0 N–H and O–H groups in total. The van der Waals surface area contributed by atoms with Gasteiger partial charge in [0.05, 0.1) is 18.1 Å². The summed E-state index contributed by atoms with van der Waals surface area (Å²) in [5, 5.41) is 0. The average Bonchev–Trinajstić information content (AvgIpc) is 3.30. The molecule has 0 unspecified atom stereocenters. The van der Waals surface area contributed by atoms with E-state index in [-0.39, 0.29) is 6.54 Å².